The van der Waals surface area contributed by atoms with E-state index in [0.29, 0.717) is 5.92 Å². The van der Waals surface area contributed by atoms with Crippen LogP contribution in [-0.2, 0) is 6.54 Å². The number of nitrogens with two attached hydrogens (primary N) is 1. The molecule has 2 heterocycles. The van der Waals surface area contributed by atoms with E-state index in [0.717, 1.165) is 25.3 Å². The molecule has 1 fully saturated rings. The molecule has 100 valence electrons. The molecule has 1 aromatic carbocycles. The zero-order valence-electron chi connectivity index (χ0n) is 11.1. The number of hydrogen-bond acceptors (Lipinski definition) is 4. The summed E-state index contributed by atoms with van der Waals surface area (Å²) in [6.07, 6.45) is 0. The lowest BCUT2D eigenvalue weighted by atomic mass is 9.95. The van der Waals surface area contributed by atoms with Crippen molar-refractivity contribution in [3.63, 3.8) is 0 Å². The number of rotatable bonds is 3. The molecule has 0 aliphatic carbocycles. The highest BCUT2D eigenvalue weighted by Gasteiger charge is 2.31. The van der Waals surface area contributed by atoms with Gasteiger partial charge in [-0.05, 0) is 12.5 Å². The lowest BCUT2D eigenvalue weighted by molar-refractivity contribution is 0.326. The highest BCUT2D eigenvalue weighted by Crippen LogP contribution is 2.28. The lowest BCUT2D eigenvalue weighted by Gasteiger charge is -2.15. The maximum Gasteiger partial charge on any atom is 0.0798 e. The van der Waals surface area contributed by atoms with E-state index in [1.165, 1.54) is 10.4 Å². The number of benzene rings is 1. The van der Waals surface area contributed by atoms with E-state index in [-0.39, 0.29) is 6.04 Å². The number of hydrogen-bond donors (Lipinski definition) is 1. The topological polar surface area (TPSA) is 42.2 Å². The Labute approximate surface area is 118 Å². The third-order valence-corrected chi connectivity index (χ3v) is 4.80. The summed E-state index contributed by atoms with van der Waals surface area (Å²) in [5.74, 6) is 0.453. The fraction of sp³-hybridized carbons (Fsp3) is 0.400. The summed E-state index contributed by atoms with van der Waals surface area (Å²) in [7, 11) is 0. The average molecular weight is 273 g/mol. The number of likely N-dealkylation sites (tertiary alicyclic amines) is 1. The van der Waals surface area contributed by atoms with Gasteiger partial charge in [0.15, 0.2) is 0 Å². The van der Waals surface area contributed by atoms with Gasteiger partial charge in [0.25, 0.3) is 0 Å². The first kappa shape index (κ1) is 12.8. The van der Waals surface area contributed by atoms with Crippen molar-refractivity contribution in [3.8, 4) is 0 Å². The third kappa shape index (κ3) is 2.71. The minimum atomic E-state index is 0.232. The Bertz CT molecular complexity index is 537. The van der Waals surface area contributed by atoms with Gasteiger partial charge < -0.3 is 5.73 Å². The second kappa shape index (κ2) is 5.41. The van der Waals surface area contributed by atoms with E-state index < -0.39 is 0 Å². The quantitative estimate of drug-likeness (QED) is 0.933. The van der Waals surface area contributed by atoms with Crippen LogP contribution in [0.25, 0.3) is 0 Å². The number of aromatic nitrogens is 1. The molecule has 1 aromatic heterocycles. The molecule has 19 heavy (non-hydrogen) atoms. The van der Waals surface area contributed by atoms with Gasteiger partial charge >= 0.3 is 0 Å². The fourth-order valence-electron chi connectivity index (χ4n) is 2.78. The molecule has 4 heteroatoms. The minimum Gasteiger partial charge on any atom is -0.326 e. The molecule has 3 rings (SSSR count). The summed E-state index contributed by atoms with van der Waals surface area (Å²) in [4.78, 5) is 8.12. The first-order chi connectivity index (χ1) is 9.24. The number of aryl methyl sites for hydroxylation is 1. The van der Waals surface area contributed by atoms with Crippen LogP contribution in [0.3, 0.4) is 0 Å². The molecular formula is C15H19N3S. The van der Waals surface area contributed by atoms with E-state index in [1.54, 1.807) is 11.3 Å². The Morgan fingerprint density at radius 1 is 1.32 bits per heavy atom. The van der Waals surface area contributed by atoms with E-state index >= 15 is 0 Å². The predicted molar refractivity (Wildman–Crippen MR) is 79.3 cm³/mol. The second-order valence-corrected chi connectivity index (χ2v) is 6.18. The molecule has 0 radical (unpaired) electrons. The minimum absolute atomic E-state index is 0.232. The summed E-state index contributed by atoms with van der Waals surface area (Å²) in [6, 6.07) is 10.9. The molecule has 0 amide bonds. The normalized spacial score (nSPS) is 23.9. The number of thiazole rings is 1. The Hall–Kier alpha value is -1.23. The largest absolute Gasteiger partial charge is 0.326 e. The van der Waals surface area contributed by atoms with Crippen molar-refractivity contribution < 1.29 is 0 Å². The molecule has 0 bridgehead atoms. The molecule has 0 unspecified atom stereocenters. The first-order valence-electron chi connectivity index (χ1n) is 6.66. The highest BCUT2D eigenvalue weighted by atomic mass is 32.1. The maximum absolute atomic E-state index is 6.31. The van der Waals surface area contributed by atoms with Gasteiger partial charge in [-0.3, -0.25) is 4.90 Å². The van der Waals surface area contributed by atoms with Crippen LogP contribution in [0.4, 0.5) is 0 Å². The van der Waals surface area contributed by atoms with Crippen molar-refractivity contribution in [1.82, 2.24) is 9.88 Å². The van der Waals surface area contributed by atoms with E-state index in [9.17, 15) is 0 Å². The Kier molecular flexibility index (Phi) is 3.64. The summed E-state index contributed by atoms with van der Waals surface area (Å²) in [5.41, 5.74) is 10.8. The zero-order valence-corrected chi connectivity index (χ0v) is 11.9. The van der Waals surface area contributed by atoms with Gasteiger partial charge in [0.1, 0.15) is 0 Å². The summed E-state index contributed by atoms with van der Waals surface area (Å²) < 4.78 is 0. The van der Waals surface area contributed by atoms with Gasteiger partial charge in [-0.2, -0.15) is 0 Å². The van der Waals surface area contributed by atoms with Crippen LogP contribution in [0.15, 0.2) is 35.8 Å². The molecule has 1 saturated heterocycles. The second-order valence-electron chi connectivity index (χ2n) is 5.24. The molecule has 1 aliphatic heterocycles. The molecule has 0 saturated carbocycles. The summed E-state index contributed by atoms with van der Waals surface area (Å²) in [6.45, 7) is 5.07. The van der Waals surface area contributed by atoms with Gasteiger partial charge in [0.2, 0.25) is 0 Å². The molecule has 1 aliphatic rings. The van der Waals surface area contributed by atoms with Gasteiger partial charge in [0.05, 0.1) is 11.2 Å². The molecular weight excluding hydrogens is 254 g/mol. The van der Waals surface area contributed by atoms with Crippen LogP contribution in [0, 0.1) is 6.92 Å². The van der Waals surface area contributed by atoms with Crippen LogP contribution >= 0.6 is 11.3 Å². The Morgan fingerprint density at radius 3 is 2.79 bits per heavy atom. The van der Waals surface area contributed by atoms with Crippen molar-refractivity contribution in [1.29, 1.82) is 0 Å². The fourth-order valence-corrected chi connectivity index (χ4v) is 3.59. The SMILES string of the molecule is Cc1ncsc1CN1C[C@@H](N)[C@H](c2ccccc2)C1. The standard InChI is InChI=1S/C15H19N3S/c1-11-15(19-10-17-11)9-18-7-13(14(16)8-18)12-5-3-2-4-6-12/h2-6,10,13-14H,7-9,16H2,1H3/t13-,14+/m0/s1. The van der Waals surface area contributed by atoms with Crippen molar-refractivity contribution in [2.75, 3.05) is 13.1 Å². The molecule has 2 aromatic rings. The van der Waals surface area contributed by atoms with Crippen molar-refractivity contribution in [3.05, 3.63) is 52.0 Å². The first-order valence-corrected chi connectivity index (χ1v) is 7.54. The van der Waals surface area contributed by atoms with Crippen LogP contribution in [0.2, 0.25) is 0 Å². The van der Waals surface area contributed by atoms with E-state index in [1.807, 2.05) is 5.51 Å². The average Bonchev–Trinajstić information content (AvgIpc) is 2.98. The monoisotopic (exact) mass is 273 g/mol. The Morgan fingerprint density at radius 2 is 2.11 bits per heavy atom. The predicted octanol–water partition coefficient (Wildman–Crippen LogP) is 2.38. The highest BCUT2D eigenvalue weighted by molar-refractivity contribution is 7.09. The van der Waals surface area contributed by atoms with Crippen LogP contribution in [0.5, 0.6) is 0 Å². The van der Waals surface area contributed by atoms with Crippen molar-refractivity contribution in [2.24, 2.45) is 5.73 Å². The van der Waals surface area contributed by atoms with Crippen LogP contribution in [-0.4, -0.2) is 29.0 Å². The summed E-state index contributed by atoms with van der Waals surface area (Å²) in [5, 5.41) is 0. The van der Waals surface area contributed by atoms with Crippen LogP contribution < -0.4 is 5.73 Å². The zero-order chi connectivity index (χ0) is 13.2. The van der Waals surface area contributed by atoms with Gasteiger partial charge in [0, 0.05) is 36.5 Å². The van der Waals surface area contributed by atoms with Gasteiger partial charge in [-0.25, -0.2) is 4.98 Å². The Balaban J connectivity index is 1.70. The van der Waals surface area contributed by atoms with Crippen molar-refractivity contribution in [2.45, 2.75) is 25.4 Å². The molecule has 0 spiro atoms. The molecule has 3 nitrogen and oxygen atoms in total. The van der Waals surface area contributed by atoms with Crippen molar-refractivity contribution >= 4 is 11.3 Å². The van der Waals surface area contributed by atoms with Gasteiger partial charge in [-0.1, -0.05) is 30.3 Å². The molecule has 2 atom stereocenters. The lowest BCUT2D eigenvalue weighted by Crippen LogP contribution is -2.28. The van der Waals surface area contributed by atoms with E-state index in [4.69, 9.17) is 5.73 Å². The summed E-state index contributed by atoms with van der Waals surface area (Å²) >= 11 is 1.74. The number of nitrogens with zero attached hydrogens (tertiary/aromatic N) is 2. The van der Waals surface area contributed by atoms with E-state index in [2.05, 4.69) is 47.1 Å². The third-order valence-electron chi connectivity index (χ3n) is 3.88. The van der Waals surface area contributed by atoms with Gasteiger partial charge in [-0.15, -0.1) is 11.3 Å². The molecule has 2 N–H and O–H groups in total. The smallest absolute Gasteiger partial charge is 0.0798 e. The van der Waals surface area contributed by atoms with Crippen LogP contribution in [0.1, 0.15) is 22.1 Å². The maximum atomic E-state index is 6.31.